The second-order valence-corrected chi connectivity index (χ2v) is 7.21. The van der Waals surface area contributed by atoms with Crippen LogP contribution < -0.4 is 14.8 Å². The van der Waals surface area contributed by atoms with Gasteiger partial charge in [0.2, 0.25) is 0 Å². The van der Waals surface area contributed by atoms with Crippen molar-refractivity contribution in [2.24, 2.45) is 0 Å². The van der Waals surface area contributed by atoms with E-state index >= 15 is 0 Å². The molecule has 0 aliphatic rings. The van der Waals surface area contributed by atoms with Crippen LogP contribution in [0.1, 0.15) is 72.3 Å². The van der Waals surface area contributed by atoms with Gasteiger partial charge in [-0.2, -0.15) is 0 Å². The third-order valence-electron chi connectivity index (χ3n) is 4.79. The molecule has 4 heteroatoms. The molecule has 0 bridgehead atoms. The number of benzene rings is 2. The molecule has 0 radical (unpaired) electrons. The van der Waals surface area contributed by atoms with E-state index in [9.17, 15) is 4.79 Å². The van der Waals surface area contributed by atoms with E-state index in [1.807, 2.05) is 45.9 Å². The first-order valence-electron chi connectivity index (χ1n) is 9.51. The third-order valence-corrected chi connectivity index (χ3v) is 4.79. The first-order chi connectivity index (χ1) is 12.8. The number of carbonyl (C=O) groups excluding carboxylic acids is 1. The lowest BCUT2D eigenvalue weighted by Crippen LogP contribution is -2.27. The molecule has 0 heterocycles. The smallest absolute Gasteiger partial charge is 0.251 e. The van der Waals surface area contributed by atoms with Crippen LogP contribution in [0.5, 0.6) is 11.5 Å². The summed E-state index contributed by atoms with van der Waals surface area (Å²) in [6.07, 6.45) is 0. The zero-order valence-electron chi connectivity index (χ0n) is 17.5. The Labute approximate surface area is 162 Å². The zero-order valence-corrected chi connectivity index (χ0v) is 17.5. The Morgan fingerprint density at radius 2 is 1.70 bits per heavy atom. The molecule has 0 aliphatic heterocycles. The van der Waals surface area contributed by atoms with Crippen molar-refractivity contribution >= 4 is 5.91 Å². The first-order valence-corrected chi connectivity index (χ1v) is 9.51. The van der Waals surface area contributed by atoms with Gasteiger partial charge in [0.25, 0.3) is 5.91 Å². The van der Waals surface area contributed by atoms with Crippen LogP contribution in [0.15, 0.2) is 30.3 Å². The van der Waals surface area contributed by atoms with Crippen molar-refractivity contribution < 1.29 is 14.3 Å². The highest BCUT2D eigenvalue weighted by Gasteiger charge is 2.18. The van der Waals surface area contributed by atoms with Crippen LogP contribution >= 0.6 is 0 Å². The fraction of sp³-hybridized carbons (Fsp3) is 0.435. The Hall–Kier alpha value is -2.49. The first kappa shape index (κ1) is 20.8. The topological polar surface area (TPSA) is 47.6 Å². The zero-order chi connectivity index (χ0) is 20.1. The van der Waals surface area contributed by atoms with Gasteiger partial charge in [0.1, 0.15) is 11.5 Å². The fourth-order valence-electron chi connectivity index (χ4n) is 3.28. The van der Waals surface area contributed by atoms with Gasteiger partial charge >= 0.3 is 0 Å². The van der Waals surface area contributed by atoms with Gasteiger partial charge in [-0.25, -0.2) is 0 Å². The van der Waals surface area contributed by atoms with Gasteiger partial charge < -0.3 is 14.8 Å². The van der Waals surface area contributed by atoms with E-state index in [1.54, 1.807) is 13.2 Å². The molecule has 27 heavy (non-hydrogen) atoms. The van der Waals surface area contributed by atoms with Crippen molar-refractivity contribution in [3.8, 4) is 11.5 Å². The predicted molar refractivity (Wildman–Crippen MR) is 110 cm³/mol. The van der Waals surface area contributed by atoms with Crippen LogP contribution in [0.25, 0.3) is 0 Å². The molecule has 146 valence electrons. The minimum atomic E-state index is -0.104. The number of carbonyl (C=O) groups is 1. The number of methoxy groups -OCH3 is 1. The second kappa shape index (κ2) is 8.94. The number of hydrogen-bond donors (Lipinski definition) is 1. The van der Waals surface area contributed by atoms with Crippen molar-refractivity contribution in [2.75, 3.05) is 13.7 Å². The van der Waals surface area contributed by atoms with Crippen molar-refractivity contribution in [1.82, 2.24) is 5.32 Å². The second-order valence-electron chi connectivity index (χ2n) is 7.21. The molecule has 1 amide bonds. The Balaban J connectivity index is 2.24. The number of aryl methyl sites for hydroxylation is 2. The number of rotatable bonds is 7. The minimum absolute atomic E-state index is 0.0880. The maximum atomic E-state index is 12.7. The van der Waals surface area contributed by atoms with Crippen molar-refractivity contribution in [3.63, 3.8) is 0 Å². The average molecular weight is 370 g/mol. The highest BCUT2D eigenvalue weighted by molar-refractivity contribution is 5.94. The van der Waals surface area contributed by atoms with Crippen molar-refractivity contribution in [2.45, 2.75) is 53.5 Å². The molecular formula is C23H31NO3. The molecule has 1 atom stereocenters. The quantitative estimate of drug-likeness (QED) is 0.718. The van der Waals surface area contributed by atoms with Gasteiger partial charge in [0.15, 0.2) is 0 Å². The monoisotopic (exact) mass is 369 g/mol. The largest absolute Gasteiger partial charge is 0.496 e. The molecule has 4 nitrogen and oxygen atoms in total. The summed E-state index contributed by atoms with van der Waals surface area (Å²) in [6.45, 7) is 12.9. The molecule has 0 saturated heterocycles. The molecule has 0 aromatic heterocycles. The Morgan fingerprint density at radius 3 is 2.26 bits per heavy atom. The maximum absolute atomic E-state index is 12.7. The van der Waals surface area contributed by atoms with Crippen LogP contribution in [0, 0.1) is 13.8 Å². The summed E-state index contributed by atoms with van der Waals surface area (Å²) in [5.74, 6) is 1.97. The van der Waals surface area contributed by atoms with Gasteiger partial charge in [-0.15, -0.1) is 0 Å². The average Bonchev–Trinajstić information content (AvgIpc) is 2.62. The molecule has 0 saturated carbocycles. The lowest BCUT2D eigenvalue weighted by molar-refractivity contribution is 0.0939. The van der Waals surface area contributed by atoms with E-state index in [-0.39, 0.29) is 11.9 Å². The Bertz CT molecular complexity index is 812. The summed E-state index contributed by atoms with van der Waals surface area (Å²) in [5.41, 5.74) is 4.96. The highest BCUT2D eigenvalue weighted by atomic mass is 16.5. The van der Waals surface area contributed by atoms with Crippen LogP contribution in [0.2, 0.25) is 0 Å². The molecule has 2 rings (SSSR count). The Morgan fingerprint density at radius 1 is 1.00 bits per heavy atom. The standard InChI is InChI=1S/C23H31NO3/c1-8-27-21-10-9-18(11-16(21)5)23(25)24-17(6)20-13-19(14(2)3)22(26-7)12-15(20)4/h9-14,17H,8H2,1-7H3,(H,24,25)/t17-/m1/s1. The number of hydrogen-bond acceptors (Lipinski definition) is 3. The summed E-state index contributed by atoms with van der Waals surface area (Å²) in [7, 11) is 1.69. The van der Waals surface area contributed by atoms with Crippen molar-refractivity contribution in [1.29, 1.82) is 0 Å². The molecule has 0 fully saturated rings. The summed E-state index contributed by atoms with van der Waals surface area (Å²) in [4.78, 5) is 12.7. The van der Waals surface area contributed by atoms with E-state index in [0.29, 0.717) is 18.1 Å². The third kappa shape index (κ3) is 4.82. The van der Waals surface area contributed by atoms with Crippen LogP contribution in [0.3, 0.4) is 0 Å². The molecular weight excluding hydrogens is 338 g/mol. The lowest BCUT2D eigenvalue weighted by Gasteiger charge is -2.21. The molecule has 1 N–H and O–H groups in total. The summed E-state index contributed by atoms with van der Waals surface area (Å²) >= 11 is 0. The number of amides is 1. The molecule has 0 unspecified atom stereocenters. The van der Waals surface area contributed by atoms with E-state index in [0.717, 1.165) is 33.8 Å². The SMILES string of the molecule is CCOc1ccc(C(=O)N[C@H](C)c2cc(C(C)C)c(OC)cc2C)cc1C. The van der Waals surface area contributed by atoms with Gasteiger partial charge in [-0.1, -0.05) is 13.8 Å². The van der Waals surface area contributed by atoms with E-state index in [2.05, 4.69) is 25.2 Å². The summed E-state index contributed by atoms with van der Waals surface area (Å²) in [6, 6.07) is 9.62. The fourth-order valence-corrected chi connectivity index (χ4v) is 3.28. The van der Waals surface area contributed by atoms with Gasteiger partial charge in [0.05, 0.1) is 19.8 Å². The van der Waals surface area contributed by atoms with Gasteiger partial charge in [0, 0.05) is 5.56 Å². The predicted octanol–water partition coefficient (Wildman–Crippen LogP) is 5.33. The molecule has 0 spiro atoms. The van der Waals surface area contributed by atoms with E-state index in [4.69, 9.17) is 9.47 Å². The van der Waals surface area contributed by atoms with Crippen LogP contribution in [-0.4, -0.2) is 19.6 Å². The summed E-state index contributed by atoms with van der Waals surface area (Å²) in [5, 5.41) is 3.12. The summed E-state index contributed by atoms with van der Waals surface area (Å²) < 4.78 is 11.1. The van der Waals surface area contributed by atoms with Gasteiger partial charge in [-0.3, -0.25) is 4.79 Å². The Kier molecular flexibility index (Phi) is 6.89. The van der Waals surface area contributed by atoms with E-state index < -0.39 is 0 Å². The van der Waals surface area contributed by atoms with E-state index in [1.165, 1.54) is 0 Å². The number of nitrogens with one attached hydrogen (secondary N) is 1. The normalized spacial score (nSPS) is 12.0. The molecule has 2 aromatic carbocycles. The van der Waals surface area contributed by atoms with Crippen LogP contribution in [-0.2, 0) is 0 Å². The van der Waals surface area contributed by atoms with Crippen LogP contribution in [0.4, 0.5) is 0 Å². The minimum Gasteiger partial charge on any atom is -0.496 e. The molecule has 2 aromatic rings. The lowest BCUT2D eigenvalue weighted by atomic mass is 9.93. The molecule has 0 aliphatic carbocycles. The van der Waals surface area contributed by atoms with Crippen molar-refractivity contribution in [3.05, 3.63) is 58.1 Å². The maximum Gasteiger partial charge on any atom is 0.251 e. The highest BCUT2D eigenvalue weighted by Crippen LogP contribution is 2.32. The van der Waals surface area contributed by atoms with Gasteiger partial charge in [-0.05, 0) is 86.2 Å². The number of ether oxygens (including phenoxy) is 2.